The molecule has 12 heteroatoms. The number of likely N-dealkylation sites (tertiary alicyclic amines) is 1. The summed E-state index contributed by atoms with van der Waals surface area (Å²) >= 11 is 0. The predicted molar refractivity (Wildman–Crippen MR) is 222 cm³/mol. The fourth-order valence-corrected chi connectivity index (χ4v) is 13.9. The molecule has 0 saturated carbocycles. The number of carboxylic acids is 1. The van der Waals surface area contributed by atoms with Crippen LogP contribution < -0.4 is 10.4 Å². The van der Waals surface area contributed by atoms with Crippen LogP contribution in [0.5, 0.6) is 5.75 Å². The van der Waals surface area contributed by atoms with Gasteiger partial charge < -0.3 is 24.3 Å². The van der Waals surface area contributed by atoms with Gasteiger partial charge in [0.05, 0.1) is 24.5 Å². The molecule has 0 spiro atoms. The number of halogens is 1. The number of amides is 2. The minimum atomic E-state index is -3.02. The molecule has 3 aromatic rings. The van der Waals surface area contributed by atoms with E-state index in [0.29, 0.717) is 50.5 Å². The molecule has 9 nitrogen and oxygen atoms in total. The zero-order valence-electron chi connectivity index (χ0n) is 33.5. The molecule has 0 bridgehead atoms. The van der Waals surface area contributed by atoms with Crippen molar-refractivity contribution in [3.8, 4) is 5.75 Å². The Morgan fingerprint density at radius 1 is 0.965 bits per heavy atom. The van der Waals surface area contributed by atoms with Crippen molar-refractivity contribution in [2.24, 2.45) is 17.8 Å². The van der Waals surface area contributed by atoms with Gasteiger partial charge in [-0.25, -0.2) is 4.39 Å². The number of fused-ring (bicyclic) bond motifs is 3. The van der Waals surface area contributed by atoms with Crippen molar-refractivity contribution in [3.63, 3.8) is 0 Å². The monoisotopic (exact) mass is 795 g/mol. The summed E-state index contributed by atoms with van der Waals surface area (Å²) in [6.07, 6.45) is 5.20. The molecule has 57 heavy (non-hydrogen) atoms. The van der Waals surface area contributed by atoms with E-state index in [2.05, 4.69) is 45.0 Å². The summed E-state index contributed by atoms with van der Waals surface area (Å²) in [4.78, 5) is 40.9. The fraction of sp³-hybridized carbons (Fsp3) is 0.444. The number of nitrogens with zero attached hydrogens (tertiary/aromatic N) is 1. The SMILES string of the molecule is CC/C(=C\c1ccc(O)c(F)c1)CC[C@H]1OB(O)C[C@H]2C1=C(CO[Si](c1ccccc1)(c1ccccc1)C(C)(C)C)C[C@H]1C(=O)N(CCCCCC(=O)O)C(=O)[C@H]12. The number of rotatable bonds is 16. The van der Waals surface area contributed by atoms with Crippen LogP contribution in [0, 0.1) is 23.6 Å². The Labute approximate surface area is 336 Å². The summed E-state index contributed by atoms with van der Waals surface area (Å²) in [6, 6.07) is 25.0. The lowest BCUT2D eigenvalue weighted by Crippen LogP contribution is -2.66. The third kappa shape index (κ3) is 9.04. The van der Waals surface area contributed by atoms with E-state index in [-0.39, 0.29) is 42.7 Å². The molecular weight excluding hydrogens is 740 g/mol. The molecule has 3 aromatic carbocycles. The van der Waals surface area contributed by atoms with E-state index >= 15 is 0 Å². The number of carboxylic acid groups (broad SMARTS) is 1. The summed E-state index contributed by atoms with van der Waals surface area (Å²) in [7, 11) is -4.16. The second-order valence-corrected chi connectivity index (χ2v) is 21.0. The van der Waals surface area contributed by atoms with Crippen LogP contribution in [0.15, 0.2) is 95.6 Å². The Kier molecular flexibility index (Phi) is 13.4. The third-order valence-corrected chi connectivity index (χ3v) is 17.1. The molecule has 302 valence electrons. The van der Waals surface area contributed by atoms with Gasteiger partial charge in [-0.05, 0) is 95.0 Å². The number of phenolic OH excluding ortho intramolecular Hbond substituents is 1. The standard InChI is InChI=1S/C45H55BFNO8Si/c1-5-30(25-31-20-22-38(49)37(47)26-31)21-23-39-41-32(29-55-57(45(2,3)4,33-15-9-6-10-16-33)34-17-11-7-12-18-34)27-35-42(36(41)28-46(54)56-39)44(53)48(43(35)52)24-14-8-13-19-40(50)51/h6-7,9-12,15-18,20,22,25-26,35-36,39,42,49,54H,5,8,13-14,19,21,23-24,27-29H2,1-4H3,(H,50,51)/b30-25+/t35-,36+,39-,42-/m1/s1. The second-order valence-electron chi connectivity index (χ2n) is 16.7. The number of hydrogen-bond acceptors (Lipinski definition) is 7. The van der Waals surface area contributed by atoms with Crippen molar-refractivity contribution < 1.29 is 43.1 Å². The number of phenols is 1. The number of allylic oxidation sites excluding steroid dienone is 1. The molecule has 2 fully saturated rings. The van der Waals surface area contributed by atoms with E-state index in [0.717, 1.165) is 27.1 Å². The van der Waals surface area contributed by atoms with E-state index in [1.807, 2.05) is 49.4 Å². The first-order valence-electron chi connectivity index (χ1n) is 20.3. The second kappa shape index (κ2) is 18.1. The van der Waals surface area contributed by atoms with E-state index in [4.69, 9.17) is 14.2 Å². The first-order valence-corrected chi connectivity index (χ1v) is 22.2. The summed E-state index contributed by atoms with van der Waals surface area (Å²) in [5.74, 6) is -4.14. The molecule has 0 radical (unpaired) electrons. The van der Waals surface area contributed by atoms with E-state index in [1.54, 1.807) is 6.07 Å². The van der Waals surface area contributed by atoms with Crippen molar-refractivity contribution >= 4 is 49.7 Å². The number of carbonyl (C=O) groups excluding carboxylic acids is 2. The Bertz CT molecular complexity index is 1940. The van der Waals surface area contributed by atoms with Crippen molar-refractivity contribution in [2.45, 2.75) is 96.5 Å². The molecule has 1 aliphatic carbocycles. The van der Waals surface area contributed by atoms with E-state index in [9.17, 15) is 28.9 Å². The van der Waals surface area contributed by atoms with Gasteiger partial charge in [0, 0.05) is 13.0 Å². The largest absolute Gasteiger partial charge is 0.505 e. The molecule has 4 atom stereocenters. The predicted octanol–water partition coefficient (Wildman–Crippen LogP) is 7.12. The maximum Gasteiger partial charge on any atom is 0.455 e. The number of carbonyl (C=O) groups is 3. The lowest BCUT2D eigenvalue weighted by Gasteiger charge is -2.46. The van der Waals surface area contributed by atoms with Crippen LogP contribution in [-0.2, 0) is 23.5 Å². The summed E-state index contributed by atoms with van der Waals surface area (Å²) in [6.45, 7) is 9.11. The molecule has 3 aliphatic rings. The normalized spacial score (nSPS) is 21.5. The topological polar surface area (TPSA) is 134 Å². The van der Waals surface area contributed by atoms with Gasteiger partial charge in [0.2, 0.25) is 11.8 Å². The summed E-state index contributed by atoms with van der Waals surface area (Å²) < 4.78 is 28.1. The summed E-state index contributed by atoms with van der Waals surface area (Å²) in [5, 5.41) is 32.0. The molecule has 0 unspecified atom stereocenters. The van der Waals surface area contributed by atoms with Crippen LogP contribution in [0.3, 0.4) is 0 Å². The average molecular weight is 796 g/mol. The van der Waals surface area contributed by atoms with Crippen LogP contribution >= 0.6 is 0 Å². The van der Waals surface area contributed by atoms with Crippen LogP contribution in [0.2, 0.25) is 11.4 Å². The van der Waals surface area contributed by atoms with Crippen LogP contribution in [0.1, 0.15) is 84.6 Å². The van der Waals surface area contributed by atoms with Gasteiger partial charge in [-0.2, -0.15) is 0 Å². The smallest absolute Gasteiger partial charge is 0.455 e. The van der Waals surface area contributed by atoms with Gasteiger partial charge in [-0.1, -0.05) is 112 Å². The van der Waals surface area contributed by atoms with Gasteiger partial charge in [0.15, 0.2) is 11.6 Å². The lowest BCUT2D eigenvalue weighted by molar-refractivity contribution is -0.141. The Balaban J connectivity index is 1.38. The first-order chi connectivity index (χ1) is 27.2. The van der Waals surface area contributed by atoms with Crippen molar-refractivity contribution in [3.05, 3.63) is 107 Å². The maximum atomic E-state index is 14.3. The number of unbranched alkanes of at least 4 members (excludes halogenated alkanes) is 2. The Hall–Kier alpha value is -4.36. The number of hydrogen-bond donors (Lipinski definition) is 3. The quantitative estimate of drug-likeness (QED) is 0.0605. The lowest BCUT2D eigenvalue weighted by atomic mass is 9.58. The van der Waals surface area contributed by atoms with Crippen molar-refractivity contribution in [1.82, 2.24) is 4.90 Å². The fourth-order valence-electron chi connectivity index (χ4n) is 9.38. The highest BCUT2D eigenvalue weighted by Crippen LogP contribution is 2.51. The highest BCUT2D eigenvalue weighted by Gasteiger charge is 2.58. The molecule has 2 saturated heterocycles. The van der Waals surface area contributed by atoms with Crippen molar-refractivity contribution in [2.75, 3.05) is 13.2 Å². The van der Waals surface area contributed by atoms with Gasteiger partial charge in [0.1, 0.15) is 0 Å². The Morgan fingerprint density at radius 3 is 2.23 bits per heavy atom. The molecule has 6 rings (SSSR count). The zero-order chi connectivity index (χ0) is 40.9. The molecule has 2 aliphatic heterocycles. The van der Waals surface area contributed by atoms with Crippen LogP contribution in [-0.4, -0.2) is 72.6 Å². The van der Waals surface area contributed by atoms with Crippen LogP contribution in [0.4, 0.5) is 4.39 Å². The third-order valence-electron chi connectivity index (χ3n) is 12.1. The molecular formula is C45H55BFNO8Si. The molecule has 2 amide bonds. The van der Waals surface area contributed by atoms with Crippen molar-refractivity contribution in [1.29, 1.82) is 0 Å². The number of benzene rings is 3. The maximum absolute atomic E-state index is 14.3. The molecule has 2 heterocycles. The number of imide groups is 1. The van der Waals surface area contributed by atoms with Gasteiger partial charge in [-0.3, -0.25) is 19.3 Å². The summed E-state index contributed by atoms with van der Waals surface area (Å²) in [5.41, 5.74) is 3.51. The minimum absolute atomic E-state index is 0.0389. The highest BCUT2D eigenvalue weighted by molar-refractivity contribution is 6.99. The zero-order valence-corrected chi connectivity index (χ0v) is 34.5. The van der Waals surface area contributed by atoms with Crippen LogP contribution in [0.25, 0.3) is 6.08 Å². The average Bonchev–Trinajstić information content (AvgIpc) is 3.42. The first kappa shape index (κ1) is 42.3. The number of aliphatic carboxylic acids is 1. The molecule has 0 aromatic heterocycles. The number of aromatic hydroxyl groups is 1. The van der Waals surface area contributed by atoms with E-state index < -0.39 is 56.8 Å². The van der Waals surface area contributed by atoms with Gasteiger partial charge >= 0.3 is 13.1 Å². The highest BCUT2D eigenvalue weighted by atomic mass is 28.4. The van der Waals surface area contributed by atoms with E-state index in [1.165, 1.54) is 17.0 Å². The molecule has 3 N–H and O–H groups in total. The van der Waals surface area contributed by atoms with Gasteiger partial charge in [-0.15, -0.1) is 0 Å². The minimum Gasteiger partial charge on any atom is -0.505 e. The van der Waals surface area contributed by atoms with Gasteiger partial charge in [0.25, 0.3) is 8.32 Å². The Morgan fingerprint density at radius 2 is 1.63 bits per heavy atom.